The molecule has 29 heavy (non-hydrogen) atoms. The van der Waals surface area contributed by atoms with E-state index in [1.807, 2.05) is 67.6 Å². The Bertz CT molecular complexity index is 1000. The number of nitrogens with zero attached hydrogens (tertiary/aromatic N) is 2. The van der Waals surface area contributed by atoms with Crippen LogP contribution in [0.15, 0.2) is 60.7 Å². The van der Waals surface area contributed by atoms with E-state index in [1.165, 1.54) is 11.3 Å². The lowest BCUT2D eigenvalue weighted by Gasteiger charge is -2.33. The number of rotatable bonds is 5. The number of likely N-dealkylation sites (tertiary alicyclic amines) is 1. The molecule has 0 radical (unpaired) electrons. The molecule has 5 nitrogen and oxygen atoms in total. The van der Waals surface area contributed by atoms with E-state index >= 15 is 0 Å². The summed E-state index contributed by atoms with van der Waals surface area (Å²) >= 11 is 1.45. The Kier molecular flexibility index (Phi) is 5.71. The van der Waals surface area contributed by atoms with Gasteiger partial charge >= 0.3 is 0 Å². The molecular weight excluding hydrogens is 382 g/mol. The highest BCUT2D eigenvalue weighted by atomic mass is 32.1. The lowest BCUT2D eigenvalue weighted by molar-refractivity contribution is -0.141. The SMILES string of the molecule is Cc1nc(NC(=O)C(c2ccccc2)N2CCCCC2=O)sc1-c1ccccc1. The summed E-state index contributed by atoms with van der Waals surface area (Å²) in [6, 6.07) is 18.9. The van der Waals surface area contributed by atoms with Crippen molar-refractivity contribution in [2.75, 3.05) is 11.9 Å². The zero-order valence-corrected chi connectivity index (χ0v) is 17.1. The normalized spacial score (nSPS) is 15.2. The number of aromatic nitrogens is 1. The molecule has 1 atom stereocenters. The van der Waals surface area contributed by atoms with Crippen LogP contribution in [-0.4, -0.2) is 28.2 Å². The Morgan fingerprint density at radius 2 is 1.76 bits per heavy atom. The molecule has 2 amide bonds. The zero-order valence-electron chi connectivity index (χ0n) is 16.3. The van der Waals surface area contributed by atoms with E-state index in [1.54, 1.807) is 4.90 Å². The summed E-state index contributed by atoms with van der Waals surface area (Å²) in [6.45, 7) is 2.54. The summed E-state index contributed by atoms with van der Waals surface area (Å²) in [4.78, 5) is 33.1. The molecule has 0 bridgehead atoms. The molecule has 1 aliphatic heterocycles. The maximum Gasteiger partial charge on any atom is 0.253 e. The fourth-order valence-electron chi connectivity index (χ4n) is 3.69. The van der Waals surface area contributed by atoms with E-state index in [9.17, 15) is 9.59 Å². The standard InChI is InChI=1S/C23H23N3O2S/c1-16-21(18-12-6-3-7-13-18)29-23(24-16)25-22(28)20(17-10-4-2-5-11-17)26-15-9-8-14-19(26)27/h2-7,10-13,20H,8-9,14-15H2,1H3,(H,24,25,28). The number of thiazole rings is 1. The second kappa shape index (κ2) is 8.57. The summed E-state index contributed by atoms with van der Waals surface area (Å²) in [5.74, 6) is -0.194. The van der Waals surface area contributed by atoms with Gasteiger partial charge in [0.2, 0.25) is 5.91 Å². The molecule has 148 valence electrons. The zero-order chi connectivity index (χ0) is 20.2. The molecular formula is C23H23N3O2S. The summed E-state index contributed by atoms with van der Waals surface area (Å²) < 4.78 is 0. The van der Waals surface area contributed by atoms with E-state index in [4.69, 9.17) is 0 Å². The van der Waals surface area contributed by atoms with Crippen LogP contribution in [0, 0.1) is 6.92 Å². The monoisotopic (exact) mass is 405 g/mol. The molecule has 1 fully saturated rings. The van der Waals surface area contributed by atoms with E-state index in [0.29, 0.717) is 18.1 Å². The van der Waals surface area contributed by atoms with Gasteiger partial charge in [-0.2, -0.15) is 0 Å². The van der Waals surface area contributed by atoms with Crippen molar-refractivity contribution in [3.8, 4) is 10.4 Å². The first kappa shape index (κ1) is 19.3. The number of nitrogens with one attached hydrogen (secondary N) is 1. The average molecular weight is 406 g/mol. The molecule has 2 heterocycles. The quantitative estimate of drug-likeness (QED) is 0.662. The molecule has 1 saturated heterocycles. The first-order chi connectivity index (χ1) is 14.1. The number of carbonyl (C=O) groups excluding carboxylic acids is 2. The molecule has 1 N–H and O–H groups in total. The average Bonchev–Trinajstić information content (AvgIpc) is 3.11. The van der Waals surface area contributed by atoms with Crippen molar-refractivity contribution >= 4 is 28.3 Å². The Morgan fingerprint density at radius 3 is 2.45 bits per heavy atom. The van der Waals surface area contributed by atoms with Gasteiger partial charge in [-0.15, -0.1) is 0 Å². The van der Waals surface area contributed by atoms with Gasteiger partial charge in [0.15, 0.2) is 5.13 Å². The van der Waals surface area contributed by atoms with Crippen molar-refractivity contribution < 1.29 is 9.59 Å². The largest absolute Gasteiger partial charge is 0.327 e. The van der Waals surface area contributed by atoms with Crippen LogP contribution in [-0.2, 0) is 9.59 Å². The maximum atomic E-state index is 13.3. The number of amides is 2. The maximum absolute atomic E-state index is 13.3. The van der Waals surface area contributed by atoms with Crippen molar-refractivity contribution in [3.05, 3.63) is 71.9 Å². The van der Waals surface area contributed by atoms with Crippen LogP contribution in [0.1, 0.15) is 36.6 Å². The summed E-state index contributed by atoms with van der Waals surface area (Å²) in [5.41, 5.74) is 2.77. The molecule has 6 heteroatoms. The Hall–Kier alpha value is -2.99. The van der Waals surface area contributed by atoms with Crippen LogP contribution >= 0.6 is 11.3 Å². The Labute approximate surface area is 174 Å². The molecule has 0 saturated carbocycles. The number of piperidine rings is 1. The van der Waals surface area contributed by atoms with Gasteiger partial charge in [-0.1, -0.05) is 72.0 Å². The topological polar surface area (TPSA) is 62.3 Å². The van der Waals surface area contributed by atoms with Crippen molar-refractivity contribution in [2.45, 2.75) is 32.2 Å². The molecule has 4 rings (SSSR count). The highest BCUT2D eigenvalue weighted by Crippen LogP contribution is 2.34. The van der Waals surface area contributed by atoms with Crippen molar-refractivity contribution in [1.82, 2.24) is 9.88 Å². The number of aryl methyl sites for hydroxylation is 1. The molecule has 1 aliphatic rings. The lowest BCUT2D eigenvalue weighted by Crippen LogP contribution is -2.43. The van der Waals surface area contributed by atoms with Crippen LogP contribution < -0.4 is 5.32 Å². The molecule has 3 aromatic rings. The molecule has 0 aliphatic carbocycles. The highest BCUT2D eigenvalue weighted by Gasteiger charge is 2.33. The summed E-state index contributed by atoms with van der Waals surface area (Å²) in [5, 5.41) is 3.52. The molecule has 0 spiro atoms. The second-order valence-corrected chi connectivity index (χ2v) is 8.15. The predicted molar refractivity (Wildman–Crippen MR) is 116 cm³/mol. The van der Waals surface area contributed by atoms with Gasteiger partial charge in [0.05, 0.1) is 10.6 Å². The second-order valence-electron chi connectivity index (χ2n) is 7.15. The van der Waals surface area contributed by atoms with Gasteiger partial charge in [-0.25, -0.2) is 4.98 Å². The highest BCUT2D eigenvalue weighted by molar-refractivity contribution is 7.19. The number of hydrogen-bond donors (Lipinski definition) is 1. The third kappa shape index (κ3) is 4.22. The van der Waals surface area contributed by atoms with Crippen molar-refractivity contribution in [2.24, 2.45) is 0 Å². The van der Waals surface area contributed by atoms with Gasteiger partial charge in [0.1, 0.15) is 6.04 Å². The molecule has 1 unspecified atom stereocenters. The smallest absolute Gasteiger partial charge is 0.253 e. The number of benzene rings is 2. The first-order valence-corrected chi connectivity index (χ1v) is 10.6. The fraction of sp³-hybridized carbons (Fsp3) is 0.261. The van der Waals surface area contributed by atoms with Crippen LogP contribution in [0.25, 0.3) is 10.4 Å². The third-order valence-electron chi connectivity index (χ3n) is 5.10. The van der Waals surface area contributed by atoms with E-state index in [-0.39, 0.29) is 11.8 Å². The van der Waals surface area contributed by atoms with Gasteiger partial charge in [0, 0.05) is 13.0 Å². The van der Waals surface area contributed by atoms with Gasteiger partial charge in [-0.05, 0) is 30.9 Å². The van der Waals surface area contributed by atoms with Gasteiger partial charge < -0.3 is 4.90 Å². The van der Waals surface area contributed by atoms with Crippen LogP contribution in [0.5, 0.6) is 0 Å². The van der Waals surface area contributed by atoms with Crippen LogP contribution in [0.2, 0.25) is 0 Å². The molecule has 1 aromatic heterocycles. The Balaban J connectivity index is 1.61. The fourth-order valence-corrected chi connectivity index (χ4v) is 4.66. The van der Waals surface area contributed by atoms with Crippen LogP contribution in [0.3, 0.4) is 0 Å². The first-order valence-electron chi connectivity index (χ1n) is 9.81. The van der Waals surface area contributed by atoms with E-state index in [2.05, 4.69) is 10.3 Å². The minimum Gasteiger partial charge on any atom is -0.327 e. The van der Waals surface area contributed by atoms with Crippen LogP contribution in [0.4, 0.5) is 5.13 Å². The number of carbonyl (C=O) groups is 2. The summed E-state index contributed by atoms with van der Waals surface area (Å²) in [7, 11) is 0. The predicted octanol–water partition coefficient (Wildman–Crippen LogP) is 4.81. The third-order valence-corrected chi connectivity index (χ3v) is 6.22. The molecule has 2 aromatic carbocycles. The van der Waals surface area contributed by atoms with Gasteiger partial charge in [0.25, 0.3) is 5.91 Å². The van der Waals surface area contributed by atoms with E-state index < -0.39 is 6.04 Å². The van der Waals surface area contributed by atoms with Crippen molar-refractivity contribution in [1.29, 1.82) is 0 Å². The summed E-state index contributed by atoms with van der Waals surface area (Å²) in [6.07, 6.45) is 2.28. The minimum atomic E-state index is -0.645. The Morgan fingerprint density at radius 1 is 1.07 bits per heavy atom. The number of hydrogen-bond acceptors (Lipinski definition) is 4. The minimum absolute atomic E-state index is 0.0283. The van der Waals surface area contributed by atoms with E-state index in [0.717, 1.165) is 34.5 Å². The van der Waals surface area contributed by atoms with Gasteiger partial charge in [-0.3, -0.25) is 14.9 Å². The van der Waals surface area contributed by atoms with Crippen molar-refractivity contribution in [3.63, 3.8) is 0 Å². The number of anilines is 1. The lowest BCUT2D eigenvalue weighted by atomic mass is 10.0.